The highest BCUT2D eigenvalue weighted by Gasteiger charge is 2.31. The second-order valence-corrected chi connectivity index (χ2v) is 8.90. The van der Waals surface area contributed by atoms with Gasteiger partial charge in [0.2, 0.25) is 0 Å². The van der Waals surface area contributed by atoms with Crippen LogP contribution in [0.25, 0.3) is 17.1 Å². The molecule has 0 atom stereocenters. The lowest BCUT2D eigenvalue weighted by Gasteiger charge is -2.19. The molecule has 4 aromatic rings. The molecule has 2 aromatic carbocycles. The summed E-state index contributed by atoms with van der Waals surface area (Å²) in [7, 11) is -3.64. The van der Waals surface area contributed by atoms with Gasteiger partial charge in [0.1, 0.15) is 22.2 Å². The van der Waals surface area contributed by atoms with Gasteiger partial charge >= 0.3 is 6.01 Å². The minimum atomic E-state index is -4.63. The number of para-hydroxylation sites is 1. The quantitative estimate of drug-likeness (QED) is 0.384. The fourth-order valence-corrected chi connectivity index (χ4v) is 4.39. The van der Waals surface area contributed by atoms with Crippen LogP contribution < -0.4 is 0 Å². The average molecular weight is 485 g/mol. The number of aromatic nitrogens is 4. The van der Waals surface area contributed by atoms with Crippen LogP contribution >= 0.6 is 0 Å². The lowest BCUT2D eigenvalue weighted by Crippen LogP contribution is -2.33. The van der Waals surface area contributed by atoms with E-state index in [9.17, 15) is 32.9 Å². The predicted octanol–water partition coefficient (Wildman–Crippen LogP) is 2.05. The first kappa shape index (κ1) is 22.7. The molecule has 1 amide bonds. The number of phenolic OH excluding ortho intramolecular Hbond substituents is 2. The molecule has 0 saturated carbocycles. The average Bonchev–Trinajstić information content (AvgIpc) is 3.19. The maximum absolute atomic E-state index is 14.4. The Bertz CT molecular complexity index is 1510. The van der Waals surface area contributed by atoms with Gasteiger partial charge in [-0.25, -0.2) is 21.7 Å². The largest absolute Gasteiger partial charge is 0.507 e. The zero-order valence-corrected chi connectivity index (χ0v) is 18.2. The number of carbonyl (C=O) groups is 1. The number of nitrogens with zero attached hydrogens (tertiary/aromatic N) is 5. The molecule has 13 heteroatoms. The molecule has 2 aromatic heterocycles. The van der Waals surface area contributed by atoms with Crippen molar-refractivity contribution in [1.29, 1.82) is 0 Å². The minimum Gasteiger partial charge on any atom is -0.507 e. The maximum Gasteiger partial charge on any atom is 0.319 e. The molecule has 0 bridgehead atoms. The normalized spacial score (nSPS) is 11.4. The van der Waals surface area contributed by atoms with E-state index < -0.39 is 44.2 Å². The number of aromatic hydroxyl groups is 3. The standard InChI is InChI=1S/C21H16FN5O6S/c1-26(20(30)12-6-8-23-9-7-12)34(32,33)18-10-13(16(28)11-17(18)29)19-24-25-21(31)27(19)15-5-3-2-4-14(15)22/h2-11,28-29H,1H3,(H,25,31). The Balaban J connectivity index is 1.85. The third-order valence-electron chi connectivity index (χ3n) is 4.91. The van der Waals surface area contributed by atoms with Crippen molar-refractivity contribution in [2.75, 3.05) is 7.05 Å². The summed E-state index contributed by atoms with van der Waals surface area (Å²) in [5.74, 6) is -3.46. The molecule has 3 N–H and O–H groups in total. The van der Waals surface area contributed by atoms with E-state index in [4.69, 9.17) is 0 Å². The van der Waals surface area contributed by atoms with Gasteiger partial charge in [-0.05, 0) is 30.3 Å². The van der Waals surface area contributed by atoms with Crippen molar-refractivity contribution >= 4 is 15.9 Å². The van der Waals surface area contributed by atoms with E-state index in [1.807, 2.05) is 0 Å². The third-order valence-corrected chi connectivity index (χ3v) is 6.68. The molecule has 0 spiro atoms. The molecular formula is C21H16FN5O6S. The summed E-state index contributed by atoms with van der Waals surface area (Å²) in [6.45, 7) is 0. The molecule has 0 aliphatic carbocycles. The molecule has 34 heavy (non-hydrogen) atoms. The van der Waals surface area contributed by atoms with E-state index >= 15 is 0 Å². The number of hydrogen-bond acceptors (Lipinski definition) is 9. The van der Waals surface area contributed by atoms with Crippen LogP contribution in [0.15, 0.2) is 65.8 Å². The number of halogens is 1. The van der Waals surface area contributed by atoms with Crippen LogP contribution in [0.4, 0.5) is 4.39 Å². The number of rotatable bonds is 5. The van der Waals surface area contributed by atoms with Crippen molar-refractivity contribution in [2.45, 2.75) is 4.90 Å². The number of pyridine rings is 1. The summed E-state index contributed by atoms with van der Waals surface area (Å²) in [6, 6.07) is 8.78. The van der Waals surface area contributed by atoms with Crippen molar-refractivity contribution in [3.8, 4) is 34.6 Å². The smallest absolute Gasteiger partial charge is 0.319 e. The second-order valence-electron chi connectivity index (χ2n) is 6.96. The fraction of sp³-hybridized carbons (Fsp3) is 0.0476. The first-order valence-electron chi connectivity index (χ1n) is 9.52. The number of benzene rings is 2. The summed E-state index contributed by atoms with van der Waals surface area (Å²) in [5.41, 5.74) is -0.456. The summed E-state index contributed by atoms with van der Waals surface area (Å²) in [5, 5.41) is 38.0. The molecule has 4 rings (SSSR count). The van der Waals surface area contributed by atoms with Crippen LogP contribution in [-0.4, -0.2) is 60.7 Å². The van der Waals surface area contributed by atoms with Gasteiger partial charge in [-0.15, -0.1) is 5.10 Å². The summed E-state index contributed by atoms with van der Waals surface area (Å²) < 4.78 is 42.0. The predicted molar refractivity (Wildman–Crippen MR) is 115 cm³/mol. The van der Waals surface area contributed by atoms with E-state index in [0.717, 1.165) is 29.8 Å². The minimum absolute atomic E-state index is 0.0313. The molecule has 11 nitrogen and oxygen atoms in total. The molecular weight excluding hydrogens is 469 g/mol. The molecule has 0 radical (unpaired) electrons. The zero-order chi connectivity index (χ0) is 24.6. The Morgan fingerprint density at radius 2 is 1.68 bits per heavy atom. The van der Waals surface area contributed by atoms with Crippen LogP contribution in [0, 0.1) is 5.82 Å². The summed E-state index contributed by atoms with van der Waals surface area (Å²) in [6.07, 6.45) is 2.62. The molecule has 174 valence electrons. The molecule has 0 saturated heterocycles. The van der Waals surface area contributed by atoms with Gasteiger partial charge < -0.3 is 15.3 Å². The molecule has 0 aliphatic heterocycles. The van der Waals surface area contributed by atoms with Gasteiger partial charge in [-0.3, -0.25) is 9.78 Å². The van der Waals surface area contributed by atoms with Crippen LogP contribution in [-0.2, 0) is 10.0 Å². The Hall–Kier alpha value is -4.52. The Morgan fingerprint density at radius 1 is 1.00 bits per heavy atom. The lowest BCUT2D eigenvalue weighted by molar-refractivity contribution is 0.0883. The monoisotopic (exact) mass is 485 g/mol. The van der Waals surface area contributed by atoms with Crippen LogP contribution in [0.2, 0.25) is 0 Å². The van der Waals surface area contributed by atoms with Gasteiger partial charge in [-0.2, -0.15) is 0 Å². The molecule has 0 aliphatic rings. The van der Waals surface area contributed by atoms with E-state index in [1.54, 1.807) is 0 Å². The molecule has 0 fully saturated rings. The van der Waals surface area contributed by atoms with Crippen LogP contribution in [0.1, 0.15) is 10.4 Å². The van der Waals surface area contributed by atoms with E-state index in [1.165, 1.54) is 42.7 Å². The number of phenols is 2. The van der Waals surface area contributed by atoms with Crippen LogP contribution in [0.5, 0.6) is 17.5 Å². The fourth-order valence-electron chi connectivity index (χ4n) is 3.18. The Kier molecular flexibility index (Phi) is 5.63. The van der Waals surface area contributed by atoms with Crippen LogP contribution in [0.3, 0.4) is 0 Å². The van der Waals surface area contributed by atoms with Gasteiger partial charge in [0, 0.05) is 31.1 Å². The van der Waals surface area contributed by atoms with E-state index in [-0.39, 0.29) is 22.6 Å². The molecule has 2 heterocycles. The van der Waals surface area contributed by atoms with Gasteiger partial charge in [0.05, 0.1) is 11.3 Å². The molecule has 0 unspecified atom stereocenters. The second kappa shape index (κ2) is 8.44. The third kappa shape index (κ3) is 3.77. The van der Waals surface area contributed by atoms with Gasteiger partial charge in [0.15, 0.2) is 5.82 Å². The summed E-state index contributed by atoms with van der Waals surface area (Å²) >= 11 is 0. The SMILES string of the molecule is CN(C(=O)c1ccncc1)S(=O)(=O)c1cc(-c2nnc(O)n2-c2ccccc2F)c(O)cc1O. The summed E-state index contributed by atoms with van der Waals surface area (Å²) in [4.78, 5) is 15.7. The zero-order valence-electron chi connectivity index (χ0n) is 17.4. The number of sulfonamides is 1. The van der Waals surface area contributed by atoms with Gasteiger partial charge in [-0.1, -0.05) is 17.2 Å². The van der Waals surface area contributed by atoms with Crippen molar-refractivity contribution in [2.24, 2.45) is 0 Å². The number of amides is 1. The van der Waals surface area contributed by atoms with Gasteiger partial charge in [0.25, 0.3) is 15.9 Å². The Labute approximate surface area is 192 Å². The first-order valence-corrected chi connectivity index (χ1v) is 11.0. The Morgan fingerprint density at radius 3 is 2.35 bits per heavy atom. The van der Waals surface area contributed by atoms with Crippen molar-refractivity contribution in [3.05, 3.63) is 72.3 Å². The number of carbonyl (C=O) groups excluding carboxylic acids is 1. The lowest BCUT2D eigenvalue weighted by atomic mass is 10.1. The van der Waals surface area contributed by atoms with Crippen molar-refractivity contribution in [1.82, 2.24) is 24.1 Å². The van der Waals surface area contributed by atoms with E-state index in [0.29, 0.717) is 4.31 Å². The van der Waals surface area contributed by atoms with E-state index in [2.05, 4.69) is 15.2 Å². The topological polar surface area (TPSA) is 159 Å². The highest BCUT2D eigenvalue weighted by molar-refractivity contribution is 7.89. The first-order chi connectivity index (χ1) is 16.1. The maximum atomic E-state index is 14.4. The van der Waals surface area contributed by atoms with Crippen molar-refractivity contribution in [3.63, 3.8) is 0 Å². The highest BCUT2D eigenvalue weighted by atomic mass is 32.2. The number of hydrogen-bond donors (Lipinski definition) is 3. The van der Waals surface area contributed by atoms with Crippen molar-refractivity contribution < 1.29 is 32.9 Å². The highest BCUT2D eigenvalue weighted by Crippen LogP contribution is 2.39.